The van der Waals surface area contributed by atoms with E-state index >= 15 is 0 Å². The van der Waals surface area contributed by atoms with E-state index in [0.717, 1.165) is 26.7 Å². The maximum atomic E-state index is 12.3. The number of aromatic nitrogens is 1. The van der Waals surface area contributed by atoms with Crippen LogP contribution in [0.2, 0.25) is 0 Å². The van der Waals surface area contributed by atoms with Gasteiger partial charge in [-0.1, -0.05) is 29.8 Å². The molecule has 112 valence electrons. The lowest BCUT2D eigenvalue weighted by Crippen LogP contribution is -2.35. The number of carbonyl (C=O) groups excluding carboxylic acids is 1. The molecule has 1 aromatic carbocycles. The highest BCUT2D eigenvalue weighted by atomic mass is 32.1. The summed E-state index contributed by atoms with van der Waals surface area (Å²) in [7, 11) is 0. The summed E-state index contributed by atoms with van der Waals surface area (Å²) in [5.41, 5.74) is 8.97. The SMILES string of the molecule is Cc1ccc(C(N)C(=O)NC(C)c2sc(C)nc2C)cc1. The van der Waals surface area contributed by atoms with Gasteiger partial charge in [0.05, 0.1) is 16.7 Å². The number of hydrogen-bond donors (Lipinski definition) is 2. The lowest BCUT2D eigenvalue weighted by molar-refractivity contribution is -0.123. The topological polar surface area (TPSA) is 68.0 Å². The van der Waals surface area contributed by atoms with E-state index in [-0.39, 0.29) is 11.9 Å². The van der Waals surface area contributed by atoms with Gasteiger partial charge in [-0.05, 0) is 33.3 Å². The average molecular weight is 303 g/mol. The second-order valence-corrected chi connectivity index (χ2v) is 6.54. The van der Waals surface area contributed by atoms with Crippen LogP contribution < -0.4 is 11.1 Å². The van der Waals surface area contributed by atoms with E-state index in [1.54, 1.807) is 11.3 Å². The molecule has 0 fully saturated rings. The Hall–Kier alpha value is -1.72. The molecule has 0 aliphatic heterocycles. The van der Waals surface area contributed by atoms with Gasteiger partial charge in [-0.2, -0.15) is 0 Å². The van der Waals surface area contributed by atoms with Crippen LogP contribution in [-0.4, -0.2) is 10.9 Å². The number of thiazole rings is 1. The number of hydrogen-bond acceptors (Lipinski definition) is 4. The first kappa shape index (κ1) is 15.7. The number of nitrogens with zero attached hydrogens (tertiary/aromatic N) is 1. The molecule has 0 saturated heterocycles. The molecule has 0 saturated carbocycles. The molecule has 2 unspecified atom stereocenters. The number of benzene rings is 1. The van der Waals surface area contributed by atoms with Gasteiger partial charge in [0.25, 0.3) is 0 Å². The third-order valence-corrected chi connectivity index (χ3v) is 4.67. The standard InChI is InChI=1S/C16H21N3OS/c1-9-5-7-13(8-6-9)14(17)16(20)19-11(3)15-10(2)18-12(4)21-15/h5-8,11,14H,17H2,1-4H3,(H,19,20). The van der Waals surface area contributed by atoms with Gasteiger partial charge in [0.2, 0.25) is 5.91 Å². The Morgan fingerprint density at radius 3 is 2.38 bits per heavy atom. The van der Waals surface area contributed by atoms with Crippen LogP contribution in [-0.2, 0) is 4.79 Å². The van der Waals surface area contributed by atoms with Crippen LogP contribution in [0.15, 0.2) is 24.3 Å². The van der Waals surface area contributed by atoms with Crippen molar-refractivity contribution >= 4 is 17.2 Å². The Bertz CT molecular complexity index is 633. The van der Waals surface area contributed by atoms with E-state index in [0.29, 0.717) is 0 Å². The zero-order valence-corrected chi connectivity index (χ0v) is 13.6. The molecule has 3 N–H and O–H groups in total. The fourth-order valence-electron chi connectivity index (χ4n) is 2.24. The van der Waals surface area contributed by atoms with Gasteiger partial charge < -0.3 is 11.1 Å². The number of rotatable bonds is 4. The van der Waals surface area contributed by atoms with Gasteiger partial charge >= 0.3 is 0 Å². The second kappa shape index (κ2) is 6.37. The zero-order chi connectivity index (χ0) is 15.6. The lowest BCUT2D eigenvalue weighted by atomic mass is 10.0. The Kier molecular flexibility index (Phi) is 4.75. The predicted octanol–water partition coefficient (Wildman–Crippen LogP) is 2.95. The Morgan fingerprint density at radius 2 is 1.86 bits per heavy atom. The van der Waals surface area contributed by atoms with Crippen LogP contribution in [0, 0.1) is 20.8 Å². The van der Waals surface area contributed by atoms with Crippen molar-refractivity contribution in [3.8, 4) is 0 Å². The minimum absolute atomic E-state index is 0.0831. The van der Waals surface area contributed by atoms with Crippen LogP contribution in [0.1, 0.15) is 45.7 Å². The van der Waals surface area contributed by atoms with Crippen molar-refractivity contribution in [3.05, 3.63) is 51.0 Å². The Morgan fingerprint density at radius 1 is 1.24 bits per heavy atom. The van der Waals surface area contributed by atoms with Crippen LogP contribution in [0.3, 0.4) is 0 Å². The highest BCUT2D eigenvalue weighted by Crippen LogP contribution is 2.25. The average Bonchev–Trinajstić information content (AvgIpc) is 2.77. The van der Waals surface area contributed by atoms with Crippen LogP contribution in [0.25, 0.3) is 0 Å². The minimum Gasteiger partial charge on any atom is -0.347 e. The summed E-state index contributed by atoms with van der Waals surface area (Å²) in [4.78, 5) is 17.7. The monoisotopic (exact) mass is 303 g/mol. The van der Waals surface area contributed by atoms with Gasteiger partial charge in [-0.3, -0.25) is 4.79 Å². The molecular formula is C16H21N3OS. The van der Waals surface area contributed by atoms with E-state index in [9.17, 15) is 4.79 Å². The molecule has 21 heavy (non-hydrogen) atoms. The van der Waals surface area contributed by atoms with Gasteiger partial charge in [-0.25, -0.2) is 4.98 Å². The van der Waals surface area contributed by atoms with E-state index in [2.05, 4.69) is 10.3 Å². The summed E-state index contributed by atoms with van der Waals surface area (Å²) in [6, 6.07) is 6.98. The summed E-state index contributed by atoms with van der Waals surface area (Å²) in [5, 5.41) is 3.98. The molecule has 2 rings (SSSR count). The maximum absolute atomic E-state index is 12.3. The van der Waals surface area contributed by atoms with Crippen molar-refractivity contribution in [1.82, 2.24) is 10.3 Å². The number of nitrogens with two attached hydrogens (primary N) is 1. The van der Waals surface area contributed by atoms with E-state index in [1.807, 2.05) is 52.0 Å². The number of carbonyl (C=O) groups is 1. The minimum atomic E-state index is -0.651. The predicted molar refractivity (Wildman–Crippen MR) is 86.3 cm³/mol. The lowest BCUT2D eigenvalue weighted by Gasteiger charge is -2.17. The maximum Gasteiger partial charge on any atom is 0.242 e. The van der Waals surface area contributed by atoms with Crippen molar-refractivity contribution in [2.45, 2.75) is 39.8 Å². The third kappa shape index (κ3) is 3.68. The molecule has 5 heteroatoms. The number of nitrogens with one attached hydrogen (secondary N) is 1. The zero-order valence-electron chi connectivity index (χ0n) is 12.8. The molecule has 0 bridgehead atoms. The van der Waals surface area contributed by atoms with Crippen LogP contribution >= 0.6 is 11.3 Å². The fourth-order valence-corrected chi connectivity index (χ4v) is 3.17. The fraction of sp³-hybridized carbons (Fsp3) is 0.375. The van der Waals surface area contributed by atoms with Gasteiger partial charge in [0.15, 0.2) is 0 Å². The summed E-state index contributed by atoms with van der Waals surface area (Å²) >= 11 is 1.61. The van der Waals surface area contributed by atoms with Crippen molar-refractivity contribution in [2.75, 3.05) is 0 Å². The van der Waals surface area contributed by atoms with Crippen molar-refractivity contribution in [3.63, 3.8) is 0 Å². The van der Waals surface area contributed by atoms with Crippen LogP contribution in [0.4, 0.5) is 0 Å². The van der Waals surface area contributed by atoms with Gasteiger partial charge in [0.1, 0.15) is 6.04 Å². The molecule has 1 aromatic heterocycles. The highest BCUT2D eigenvalue weighted by molar-refractivity contribution is 7.11. The molecule has 1 heterocycles. The summed E-state index contributed by atoms with van der Waals surface area (Å²) in [6.45, 7) is 7.89. The summed E-state index contributed by atoms with van der Waals surface area (Å²) in [5.74, 6) is -0.170. The van der Waals surface area contributed by atoms with Gasteiger partial charge in [-0.15, -0.1) is 11.3 Å². The molecule has 2 atom stereocenters. The van der Waals surface area contributed by atoms with Gasteiger partial charge in [0, 0.05) is 4.88 Å². The highest BCUT2D eigenvalue weighted by Gasteiger charge is 2.20. The molecule has 0 aliphatic rings. The van der Waals surface area contributed by atoms with Crippen molar-refractivity contribution in [2.24, 2.45) is 5.73 Å². The molecule has 4 nitrogen and oxygen atoms in total. The molecule has 2 aromatic rings. The van der Waals surface area contributed by atoms with E-state index < -0.39 is 6.04 Å². The molecule has 0 aliphatic carbocycles. The normalized spacial score (nSPS) is 13.8. The largest absolute Gasteiger partial charge is 0.347 e. The van der Waals surface area contributed by atoms with E-state index in [4.69, 9.17) is 5.73 Å². The first-order valence-corrected chi connectivity index (χ1v) is 7.76. The Balaban J connectivity index is 2.06. The van der Waals surface area contributed by atoms with Crippen LogP contribution in [0.5, 0.6) is 0 Å². The quantitative estimate of drug-likeness (QED) is 0.912. The molecular weight excluding hydrogens is 282 g/mol. The Labute approximate surface area is 129 Å². The second-order valence-electron chi connectivity index (χ2n) is 5.30. The summed E-state index contributed by atoms with van der Waals surface area (Å²) in [6.07, 6.45) is 0. The first-order chi connectivity index (χ1) is 9.88. The first-order valence-electron chi connectivity index (χ1n) is 6.95. The molecule has 1 amide bonds. The smallest absolute Gasteiger partial charge is 0.242 e. The number of aryl methyl sites for hydroxylation is 3. The van der Waals surface area contributed by atoms with E-state index in [1.165, 1.54) is 0 Å². The molecule has 0 spiro atoms. The summed E-state index contributed by atoms with van der Waals surface area (Å²) < 4.78 is 0. The van der Waals surface area contributed by atoms with Crippen molar-refractivity contribution < 1.29 is 4.79 Å². The van der Waals surface area contributed by atoms with Crippen molar-refractivity contribution in [1.29, 1.82) is 0 Å². The molecule has 0 radical (unpaired) electrons. The number of amides is 1. The third-order valence-electron chi connectivity index (χ3n) is 3.41.